The second-order valence-corrected chi connectivity index (χ2v) is 4.46. The molecule has 0 atom stereocenters. The molecular formula is C14H12ClNO3. The van der Waals surface area contributed by atoms with Crippen LogP contribution in [0.25, 0.3) is 11.1 Å². The van der Waals surface area contributed by atoms with Crippen LogP contribution in [-0.4, -0.2) is 17.9 Å². The first-order valence-corrected chi connectivity index (χ1v) is 5.98. The maximum absolute atomic E-state index is 11.7. The van der Waals surface area contributed by atoms with Gasteiger partial charge in [-0.25, -0.2) is 0 Å². The number of ether oxygens (including phenoxy) is 1. The van der Waals surface area contributed by atoms with Gasteiger partial charge in [-0.3, -0.25) is 9.59 Å². The molecule has 1 aromatic carbocycles. The number of H-pyrrole nitrogens is 1. The summed E-state index contributed by atoms with van der Waals surface area (Å²) in [6, 6.07) is 6.31. The van der Waals surface area contributed by atoms with Crippen LogP contribution in [0.4, 0.5) is 0 Å². The standard InChI is InChI=1S/C14H12ClNO3/c1-8(17)10-4-3-9(15)5-11(10)12-6-14(18)16-7-13(12)19-2/h3-7H,1-2H3,(H,16,18). The quantitative estimate of drug-likeness (QED) is 0.878. The van der Waals surface area contributed by atoms with Gasteiger partial charge in [0, 0.05) is 28.4 Å². The molecule has 0 aliphatic heterocycles. The van der Waals surface area contributed by atoms with E-state index in [9.17, 15) is 9.59 Å². The number of nitrogens with one attached hydrogen (secondary N) is 1. The lowest BCUT2D eigenvalue weighted by atomic mass is 9.97. The van der Waals surface area contributed by atoms with Gasteiger partial charge in [0.25, 0.3) is 0 Å². The Morgan fingerprint density at radius 2 is 2.00 bits per heavy atom. The Hall–Kier alpha value is -2.07. The Morgan fingerprint density at radius 1 is 1.26 bits per heavy atom. The SMILES string of the molecule is COc1c[nH]c(=O)cc1-c1cc(Cl)ccc1C(C)=O. The average Bonchev–Trinajstić information content (AvgIpc) is 2.38. The van der Waals surface area contributed by atoms with Crippen molar-refractivity contribution >= 4 is 17.4 Å². The maximum Gasteiger partial charge on any atom is 0.248 e. The third-order valence-corrected chi connectivity index (χ3v) is 2.99. The number of methoxy groups -OCH3 is 1. The van der Waals surface area contributed by atoms with Crippen LogP contribution < -0.4 is 10.3 Å². The zero-order valence-electron chi connectivity index (χ0n) is 10.5. The molecule has 0 aliphatic carbocycles. The van der Waals surface area contributed by atoms with Crippen molar-refractivity contribution in [2.75, 3.05) is 7.11 Å². The number of halogens is 1. The lowest BCUT2D eigenvalue weighted by molar-refractivity contribution is 0.101. The zero-order valence-corrected chi connectivity index (χ0v) is 11.2. The molecule has 4 nitrogen and oxygen atoms in total. The van der Waals surface area contributed by atoms with E-state index in [1.807, 2.05) is 0 Å². The van der Waals surface area contributed by atoms with E-state index in [2.05, 4.69) is 4.98 Å². The zero-order chi connectivity index (χ0) is 14.0. The second-order valence-electron chi connectivity index (χ2n) is 4.03. The molecule has 1 heterocycles. The smallest absolute Gasteiger partial charge is 0.248 e. The molecule has 5 heteroatoms. The summed E-state index contributed by atoms with van der Waals surface area (Å²) in [4.78, 5) is 25.7. The van der Waals surface area contributed by atoms with Crippen molar-refractivity contribution in [3.8, 4) is 16.9 Å². The largest absolute Gasteiger partial charge is 0.495 e. The number of ketones is 1. The van der Waals surface area contributed by atoms with Crippen molar-refractivity contribution in [3.63, 3.8) is 0 Å². The minimum Gasteiger partial charge on any atom is -0.495 e. The number of hydrogen-bond acceptors (Lipinski definition) is 3. The van der Waals surface area contributed by atoms with E-state index < -0.39 is 0 Å². The number of Topliss-reactive ketones (excluding diaryl/α,β-unsaturated/α-hetero) is 1. The number of carbonyl (C=O) groups excluding carboxylic acids is 1. The van der Waals surface area contributed by atoms with Gasteiger partial charge in [0.05, 0.1) is 7.11 Å². The van der Waals surface area contributed by atoms with Crippen molar-refractivity contribution in [3.05, 3.63) is 51.4 Å². The average molecular weight is 278 g/mol. The Labute approximate surface area is 115 Å². The monoisotopic (exact) mass is 277 g/mol. The van der Waals surface area contributed by atoms with Gasteiger partial charge >= 0.3 is 0 Å². The molecule has 0 spiro atoms. The third-order valence-electron chi connectivity index (χ3n) is 2.76. The van der Waals surface area contributed by atoms with E-state index in [0.717, 1.165) is 0 Å². The molecule has 0 unspecified atom stereocenters. The van der Waals surface area contributed by atoms with Crippen LogP contribution in [0.15, 0.2) is 35.3 Å². The molecule has 0 amide bonds. The molecule has 0 saturated heterocycles. The lowest BCUT2D eigenvalue weighted by Crippen LogP contribution is -2.06. The molecule has 1 N–H and O–H groups in total. The summed E-state index contributed by atoms with van der Waals surface area (Å²) in [5, 5.41) is 0.488. The molecule has 0 radical (unpaired) electrons. The number of carbonyl (C=O) groups is 1. The third kappa shape index (κ3) is 2.69. The number of aromatic amines is 1. The highest BCUT2D eigenvalue weighted by Gasteiger charge is 2.14. The number of hydrogen-bond donors (Lipinski definition) is 1. The summed E-state index contributed by atoms with van der Waals surface area (Å²) in [7, 11) is 1.50. The molecule has 2 aromatic rings. The van der Waals surface area contributed by atoms with Crippen LogP contribution in [-0.2, 0) is 0 Å². The van der Waals surface area contributed by atoms with Gasteiger partial charge in [-0.1, -0.05) is 11.6 Å². The van der Waals surface area contributed by atoms with Crippen LogP contribution in [0.2, 0.25) is 5.02 Å². The van der Waals surface area contributed by atoms with Gasteiger partial charge < -0.3 is 9.72 Å². The Morgan fingerprint density at radius 3 is 2.63 bits per heavy atom. The molecule has 0 aliphatic rings. The van der Waals surface area contributed by atoms with Gasteiger partial charge in [-0.2, -0.15) is 0 Å². The van der Waals surface area contributed by atoms with Gasteiger partial charge in [0.15, 0.2) is 5.78 Å². The second kappa shape index (κ2) is 5.28. The fourth-order valence-electron chi connectivity index (χ4n) is 1.88. The van der Waals surface area contributed by atoms with Crippen molar-refractivity contribution in [2.24, 2.45) is 0 Å². The normalized spacial score (nSPS) is 10.3. The predicted molar refractivity (Wildman–Crippen MR) is 74.1 cm³/mol. The van der Waals surface area contributed by atoms with Crippen molar-refractivity contribution < 1.29 is 9.53 Å². The van der Waals surface area contributed by atoms with Gasteiger partial charge in [-0.05, 0) is 30.7 Å². The summed E-state index contributed by atoms with van der Waals surface area (Å²) in [6.07, 6.45) is 1.46. The Bertz CT molecular complexity index is 691. The van der Waals surface area contributed by atoms with E-state index in [4.69, 9.17) is 16.3 Å². The van der Waals surface area contributed by atoms with Crippen molar-refractivity contribution in [1.29, 1.82) is 0 Å². The minimum absolute atomic E-state index is 0.103. The van der Waals surface area contributed by atoms with E-state index in [-0.39, 0.29) is 11.3 Å². The summed E-state index contributed by atoms with van der Waals surface area (Å²) >= 11 is 5.97. The van der Waals surface area contributed by atoms with Crippen LogP contribution in [0.1, 0.15) is 17.3 Å². The predicted octanol–water partition coefficient (Wildman–Crippen LogP) is 2.91. The van der Waals surface area contributed by atoms with E-state index >= 15 is 0 Å². The van der Waals surface area contributed by atoms with Crippen molar-refractivity contribution in [1.82, 2.24) is 4.98 Å². The Kier molecular flexibility index (Phi) is 3.71. The van der Waals surface area contributed by atoms with Crippen LogP contribution >= 0.6 is 11.6 Å². The molecule has 19 heavy (non-hydrogen) atoms. The highest BCUT2D eigenvalue weighted by molar-refractivity contribution is 6.31. The summed E-state index contributed by atoms with van der Waals surface area (Å²) < 4.78 is 5.20. The molecule has 1 aromatic heterocycles. The molecular weight excluding hydrogens is 266 g/mol. The minimum atomic E-state index is -0.273. The highest BCUT2D eigenvalue weighted by atomic mass is 35.5. The maximum atomic E-state index is 11.7. The molecule has 2 rings (SSSR count). The van der Waals surface area contributed by atoms with E-state index in [0.29, 0.717) is 27.5 Å². The van der Waals surface area contributed by atoms with Crippen molar-refractivity contribution in [2.45, 2.75) is 6.92 Å². The van der Waals surface area contributed by atoms with Crippen LogP contribution in [0, 0.1) is 0 Å². The first-order chi connectivity index (χ1) is 9.02. The molecule has 0 bridgehead atoms. The summed E-state index contributed by atoms with van der Waals surface area (Å²) in [6.45, 7) is 1.46. The summed E-state index contributed by atoms with van der Waals surface area (Å²) in [5.74, 6) is 0.373. The fourth-order valence-corrected chi connectivity index (χ4v) is 2.06. The summed E-state index contributed by atoms with van der Waals surface area (Å²) in [5.41, 5.74) is 1.35. The first-order valence-electron chi connectivity index (χ1n) is 5.60. The van der Waals surface area contributed by atoms with Gasteiger partial charge in [-0.15, -0.1) is 0 Å². The highest BCUT2D eigenvalue weighted by Crippen LogP contribution is 2.32. The lowest BCUT2D eigenvalue weighted by Gasteiger charge is -2.11. The molecule has 98 valence electrons. The van der Waals surface area contributed by atoms with Crippen LogP contribution in [0.5, 0.6) is 5.75 Å². The van der Waals surface area contributed by atoms with Gasteiger partial charge in [0.1, 0.15) is 5.75 Å². The Balaban J connectivity index is 2.77. The van der Waals surface area contributed by atoms with E-state index in [1.54, 1.807) is 18.2 Å². The van der Waals surface area contributed by atoms with Crippen LogP contribution in [0.3, 0.4) is 0 Å². The molecule has 0 saturated carbocycles. The fraction of sp³-hybridized carbons (Fsp3) is 0.143. The first kappa shape index (κ1) is 13.4. The number of pyridine rings is 1. The van der Waals surface area contributed by atoms with Gasteiger partial charge in [0.2, 0.25) is 5.56 Å². The number of rotatable bonds is 3. The molecule has 0 fully saturated rings. The van der Waals surface area contributed by atoms with E-state index in [1.165, 1.54) is 26.3 Å². The number of benzene rings is 1. The number of aromatic nitrogens is 1. The topological polar surface area (TPSA) is 59.2 Å².